The van der Waals surface area contributed by atoms with Gasteiger partial charge in [0.1, 0.15) is 5.75 Å². The van der Waals surface area contributed by atoms with Gasteiger partial charge < -0.3 is 14.7 Å². The molecule has 142 valence electrons. The summed E-state index contributed by atoms with van der Waals surface area (Å²) in [4.78, 5) is 26.0. The van der Waals surface area contributed by atoms with Crippen LogP contribution in [0.4, 0.5) is 5.69 Å². The van der Waals surface area contributed by atoms with Crippen molar-refractivity contribution >= 4 is 17.6 Å². The third-order valence-electron chi connectivity index (χ3n) is 4.32. The summed E-state index contributed by atoms with van der Waals surface area (Å²) in [6.45, 7) is 0.368. The van der Waals surface area contributed by atoms with Crippen molar-refractivity contribution in [3.8, 4) is 5.75 Å². The molecule has 3 rings (SSSR count). The van der Waals surface area contributed by atoms with Crippen LogP contribution in [0, 0.1) is 0 Å². The molecule has 0 unspecified atom stereocenters. The number of carbonyl (C=O) groups is 2. The largest absolute Gasteiger partial charge is 0.497 e. The van der Waals surface area contributed by atoms with E-state index in [1.807, 2.05) is 36.4 Å². The Morgan fingerprint density at radius 2 is 1.61 bits per heavy atom. The molecule has 1 amide bonds. The van der Waals surface area contributed by atoms with E-state index in [1.54, 1.807) is 54.5 Å². The molecule has 0 saturated heterocycles. The molecule has 3 aromatic carbocycles. The third kappa shape index (κ3) is 4.76. The van der Waals surface area contributed by atoms with Gasteiger partial charge in [-0.25, -0.2) is 0 Å². The first kappa shape index (κ1) is 19.2. The van der Waals surface area contributed by atoms with Gasteiger partial charge in [-0.05, 0) is 41.5 Å². The van der Waals surface area contributed by atoms with Crippen LogP contribution in [0.2, 0.25) is 0 Å². The van der Waals surface area contributed by atoms with Crippen LogP contribution in [0.25, 0.3) is 0 Å². The van der Waals surface area contributed by atoms with Gasteiger partial charge >= 0.3 is 5.97 Å². The Balaban J connectivity index is 1.99. The highest BCUT2D eigenvalue weighted by molar-refractivity contribution is 6.06. The molecule has 3 aromatic rings. The van der Waals surface area contributed by atoms with E-state index in [2.05, 4.69) is 0 Å². The molecule has 0 saturated carbocycles. The normalized spacial score (nSPS) is 10.3. The van der Waals surface area contributed by atoms with E-state index in [0.717, 1.165) is 5.56 Å². The lowest BCUT2D eigenvalue weighted by Crippen LogP contribution is -2.30. The Labute approximate surface area is 163 Å². The monoisotopic (exact) mass is 375 g/mol. The molecular weight excluding hydrogens is 354 g/mol. The number of benzene rings is 3. The first-order valence-electron chi connectivity index (χ1n) is 8.87. The minimum Gasteiger partial charge on any atom is -0.497 e. The number of carboxylic acids is 1. The average molecular weight is 375 g/mol. The molecule has 5 heteroatoms. The number of aliphatic carboxylic acids is 1. The molecule has 1 N–H and O–H groups in total. The topological polar surface area (TPSA) is 66.8 Å². The van der Waals surface area contributed by atoms with Crippen LogP contribution in [0.1, 0.15) is 21.5 Å². The average Bonchev–Trinajstić information content (AvgIpc) is 2.72. The third-order valence-corrected chi connectivity index (χ3v) is 4.32. The maximum absolute atomic E-state index is 13.3. The van der Waals surface area contributed by atoms with E-state index in [1.165, 1.54) is 0 Å². The number of hydrogen-bond acceptors (Lipinski definition) is 3. The zero-order chi connectivity index (χ0) is 19.9. The van der Waals surface area contributed by atoms with Crippen LogP contribution in [0.3, 0.4) is 0 Å². The van der Waals surface area contributed by atoms with Gasteiger partial charge in [-0.15, -0.1) is 0 Å². The second-order valence-electron chi connectivity index (χ2n) is 6.35. The Morgan fingerprint density at radius 1 is 0.893 bits per heavy atom. The van der Waals surface area contributed by atoms with E-state index in [9.17, 15) is 9.59 Å². The Bertz CT molecular complexity index is 969. The number of anilines is 1. The molecule has 0 aliphatic carbocycles. The molecule has 0 bridgehead atoms. The molecule has 0 aliphatic heterocycles. The van der Waals surface area contributed by atoms with Gasteiger partial charge in [-0.2, -0.15) is 0 Å². The summed E-state index contributed by atoms with van der Waals surface area (Å²) in [7, 11) is 1.56. The quantitative estimate of drug-likeness (QED) is 0.673. The Morgan fingerprint density at radius 3 is 2.32 bits per heavy atom. The maximum atomic E-state index is 13.3. The van der Waals surface area contributed by atoms with Crippen molar-refractivity contribution in [3.05, 3.63) is 95.6 Å². The van der Waals surface area contributed by atoms with Crippen LogP contribution in [0.15, 0.2) is 78.9 Å². The van der Waals surface area contributed by atoms with Gasteiger partial charge in [0.2, 0.25) is 0 Å². The number of carboxylic acid groups (broad SMARTS) is 1. The molecule has 0 aromatic heterocycles. The van der Waals surface area contributed by atoms with Crippen LogP contribution < -0.4 is 9.64 Å². The fourth-order valence-electron chi connectivity index (χ4n) is 2.97. The summed E-state index contributed by atoms with van der Waals surface area (Å²) in [6, 6.07) is 23.7. The van der Waals surface area contributed by atoms with E-state index < -0.39 is 5.97 Å². The summed E-state index contributed by atoms with van der Waals surface area (Å²) >= 11 is 0. The SMILES string of the molecule is COc1cccc(C(=O)N(Cc2ccccc2)c2cccc(CC(=O)O)c2)c1. The smallest absolute Gasteiger partial charge is 0.307 e. The van der Waals surface area contributed by atoms with Crippen molar-refractivity contribution in [2.24, 2.45) is 0 Å². The van der Waals surface area contributed by atoms with Crippen molar-refractivity contribution in [1.82, 2.24) is 0 Å². The van der Waals surface area contributed by atoms with E-state index in [4.69, 9.17) is 9.84 Å². The fourth-order valence-corrected chi connectivity index (χ4v) is 2.97. The number of nitrogens with zero attached hydrogens (tertiary/aromatic N) is 1. The van der Waals surface area contributed by atoms with Crippen molar-refractivity contribution in [1.29, 1.82) is 0 Å². The number of amides is 1. The van der Waals surface area contributed by atoms with Crippen LogP contribution in [-0.4, -0.2) is 24.1 Å². The summed E-state index contributed by atoms with van der Waals surface area (Å²) in [5.41, 5.74) is 2.76. The van der Waals surface area contributed by atoms with Gasteiger partial charge in [-0.3, -0.25) is 9.59 Å². The number of carbonyl (C=O) groups excluding carboxylic acids is 1. The number of methoxy groups -OCH3 is 1. The van der Waals surface area contributed by atoms with Crippen LogP contribution in [-0.2, 0) is 17.8 Å². The van der Waals surface area contributed by atoms with Crippen molar-refractivity contribution in [3.63, 3.8) is 0 Å². The van der Waals surface area contributed by atoms with Gasteiger partial charge in [0.25, 0.3) is 5.91 Å². The lowest BCUT2D eigenvalue weighted by atomic mass is 10.1. The summed E-state index contributed by atoms with van der Waals surface area (Å²) in [5, 5.41) is 9.08. The molecule has 28 heavy (non-hydrogen) atoms. The highest BCUT2D eigenvalue weighted by Crippen LogP contribution is 2.23. The molecular formula is C23H21NO4. The zero-order valence-electron chi connectivity index (χ0n) is 15.5. The highest BCUT2D eigenvalue weighted by Gasteiger charge is 2.19. The Hall–Kier alpha value is -3.60. The molecule has 0 atom stereocenters. The number of ether oxygens (including phenoxy) is 1. The van der Waals surface area contributed by atoms with Gasteiger partial charge in [-0.1, -0.05) is 48.5 Å². The predicted molar refractivity (Wildman–Crippen MR) is 108 cm³/mol. The van der Waals surface area contributed by atoms with E-state index in [-0.39, 0.29) is 12.3 Å². The summed E-state index contributed by atoms with van der Waals surface area (Å²) < 4.78 is 5.24. The number of rotatable bonds is 7. The maximum Gasteiger partial charge on any atom is 0.307 e. The molecule has 0 heterocycles. The first-order chi connectivity index (χ1) is 13.6. The fraction of sp³-hybridized carbons (Fsp3) is 0.130. The van der Waals surface area contributed by atoms with Crippen LogP contribution in [0.5, 0.6) is 5.75 Å². The molecule has 0 radical (unpaired) electrons. The Kier molecular flexibility index (Phi) is 6.07. The standard InChI is InChI=1S/C23H21NO4/c1-28-21-12-6-10-19(15-21)23(27)24(16-17-7-3-2-4-8-17)20-11-5-9-18(13-20)14-22(25)26/h2-13,15H,14,16H2,1H3,(H,25,26). The molecule has 0 spiro atoms. The second kappa shape index (κ2) is 8.86. The second-order valence-corrected chi connectivity index (χ2v) is 6.35. The molecule has 5 nitrogen and oxygen atoms in total. The minimum absolute atomic E-state index is 0.0969. The molecule has 0 fully saturated rings. The number of hydrogen-bond donors (Lipinski definition) is 1. The summed E-state index contributed by atoms with van der Waals surface area (Å²) in [5.74, 6) is -0.494. The zero-order valence-corrected chi connectivity index (χ0v) is 15.5. The van der Waals surface area contributed by atoms with Crippen molar-refractivity contribution in [2.75, 3.05) is 12.0 Å². The van der Waals surface area contributed by atoms with Crippen molar-refractivity contribution in [2.45, 2.75) is 13.0 Å². The van der Waals surface area contributed by atoms with Gasteiger partial charge in [0.05, 0.1) is 20.1 Å². The summed E-state index contributed by atoms with van der Waals surface area (Å²) in [6.07, 6.45) is -0.0969. The van der Waals surface area contributed by atoms with Crippen molar-refractivity contribution < 1.29 is 19.4 Å². The predicted octanol–water partition coefficient (Wildman–Crippen LogP) is 4.17. The minimum atomic E-state index is -0.911. The van der Waals surface area contributed by atoms with Crippen LogP contribution >= 0.6 is 0 Å². The lowest BCUT2D eigenvalue weighted by molar-refractivity contribution is -0.136. The first-order valence-corrected chi connectivity index (χ1v) is 8.87. The lowest BCUT2D eigenvalue weighted by Gasteiger charge is -2.24. The van der Waals surface area contributed by atoms with Gasteiger partial charge in [0.15, 0.2) is 0 Å². The van der Waals surface area contributed by atoms with Gasteiger partial charge in [0, 0.05) is 11.3 Å². The van der Waals surface area contributed by atoms with E-state index >= 15 is 0 Å². The van der Waals surface area contributed by atoms with E-state index in [0.29, 0.717) is 29.1 Å². The molecule has 0 aliphatic rings. The highest BCUT2D eigenvalue weighted by atomic mass is 16.5.